The van der Waals surface area contributed by atoms with Gasteiger partial charge in [-0.25, -0.2) is 4.79 Å². The Morgan fingerprint density at radius 2 is 1.81 bits per heavy atom. The number of nitrogens with one attached hydrogen (secondary N) is 1. The lowest BCUT2D eigenvalue weighted by Crippen LogP contribution is -2.50. The van der Waals surface area contributed by atoms with Gasteiger partial charge in [0, 0.05) is 37.6 Å². The van der Waals surface area contributed by atoms with Gasteiger partial charge in [-0.15, -0.1) is 0 Å². The molecule has 0 bridgehead atoms. The van der Waals surface area contributed by atoms with Crippen LogP contribution in [0.2, 0.25) is 5.02 Å². The van der Waals surface area contributed by atoms with Gasteiger partial charge in [0.1, 0.15) is 11.5 Å². The zero-order valence-electron chi connectivity index (χ0n) is 15.6. The summed E-state index contributed by atoms with van der Waals surface area (Å²) in [5.41, 5.74) is 1.79. The van der Waals surface area contributed by atoms with Crippen LogP contribution < -0.4 is 19.7 Å². The highest BCUT2D eigenvalue weighted by Crippen LogP contribution is 2.27. The SMILES string of the molecule is CCOc1ccc(N2CCN(C(=O)Nc3ccc(OC)c(Cl)c3)CC2)cc1. The molecule has 0 aromatic heterocycles. The Morgan fingerprint density at radius 1 is 1.11 bits per heavy atom. The van der Waals surface area contributed by atoms with Crippen molar-refractivity contribution in [2.24, 2.45) is 0 Å². The topological polar surface area (TPSA) is 54.0 Å². The van der Waals surface area contributed by atoms with Crippen molar-refractivity contribution >= 4 is 29.0 Å². The number of piperazine rings is 1. The molecule has 1 N–H and O–H groups in total. The molecule has 2 amide bonds. The highest BCUT2D eigenvalue weighted by molar-refractivity contribution is 6.32. The van der Waals surface area contributed by atoms with Gasteiger partial charge < -0.3 is 24.6 Å². The van der Waals surface area contributed by atoms with E-state index in [-0.39, 0.29) is 6.03 Å². The van der Waals surface area contributed by atoms with Crippen LogP contribution in [0.4, 0.5) is 16.2 Å². The molecule has 0 radical (unpaired) electrons. The van der Waals surface area contributed by atoms with E-state index in [4.69, 9.17) is 21.1 Å². The quantitative estimate of drug-likeness (QED) is 0.836. The fourth-order valence-corrected chi connectivity index (χ4v) is 3.29. The van der Waals surface area contributed by atoms with E-state index >= 15 is 0 Å². The Hall–Kier alpha value is -2.60. The Kier molecular flexibility index (Phi) is 6.29. The molecule has 0 aliphatic carbocycles. The first kappa shape index (κ1) is 19.2. The minimum absolute atomic E-state index is 0.123. The molecule has 1 aliphatic heterocycles. The number of anilines is 2. The first-order valence-corrected chi connectivity index (χ1v) is 9.35. The average Bonchev–Trinajstić information content (AvgIpc) is 2.69. The average molecular weight is 390 g/mol. The summed E-state index contributed by atoms with van der Waals surface area (Å²) < 4.78 is 10.6. The van der Waals surface area contributed by atoms with Crippen LogP contribution >= 0.6 is 11.6 Å². The number of halogens is 1. The molecular formula is C20H24ClN3O3. The summed E-state index contributed by atoms with van der Waals surface area (Å²) >= 11 is 6.11. The first-order chi connectivity index (χ1) is 13.1. The van der Waals surface area contributed by atoms with Crippen molar-refractivity contribution in [2.45, 2.75) is 6.92 Å². The number of amides is 2. The van der Waals surface area contributed by atoms with Crippen LogP contribution in [0.15, 0.2) is 42.5 Å². The van der Waals surface area contributed by atoms with E-state index in [1.54, 1.807) is 25.3 Å². The lowest BCUT2D eigenvalue weighted by molar-refractivity contribution is 0.208. The van der Waals surface area contributed by atoms with Crippen molar-refractivity contribution in [3.63, 3.8) is 0 Å². The second kappa shape index (κ2) is 8.86. The molecule has 3 rings (SSSR count). The summed E-state index contributed by atoms with van der Waals surface area (Å²) in [6, 6.07) is 13.1. The number of ether oxygens (including phenoxy) is 2. The number of urea groups is 1. The minimum atomic E-state index is -0.123. The molecule has 0 unspecified atom stereocenters. The summed E-state index contributed by atoms with van der Waals surface area (Å²) in [4.78, 5) is 16.6. The van der Waals surface area contributed by atoms with E-state index in [2.05, 4.69) is 22.3 Å². The lowest BCUT2D eigenvalue weighted by atomic mass is 10.2. The maximum atomic E-state index is 12.5. The van der Waals surface area contributed by atoms with Gasteiger partial charge >= 0.3 is 6.03 Å². The molecule has 2 aromatic rings. The third-order valence-electron chi connectivity index (χ3n) is 4.48. The van der Waals surface area contributed by atoms with E-state index in [0.717, 1.165) is 24.5 Å². The van der Waals surface area contributed by atoms with Crippen molar-refractivity contribution < 1.29 is 14.3 Å². The van der Waals surface area contributed by atoms with E-state index in [9.17, 15) is 4.79 Å². The second-order valence-electron chi connectivity index (χ2n) is 6.18. The van der Waals surface area contributed by atoms with Crippen molar-refractivity contribution in [3.8, 4) is 11.5 Å². The fourth-order valence-electron chi connectivity index (χ4n) is 3.03. The summed E-state index contributed by atoms with van der Waals surface area (Å²) in [6.45, 7) is 5.51. The van der Waals surface area contributed by atoms with E-state index in [0.29, 0.717) is 36.2 Å². The maximum Gasteiger partial charge on any atom is 0.321 e. The first-order valence-electron chi connectivity index (χ1n) is 8.98. The van der Waals surface area contributed by atoms with Crippen molar-refractivity contribution in [1.82, 2.24) is 4.90 Å². The molecule has 1 fully saturated rings. The summed E-state index contributed by atoms with van der Waals surface area (Å²) in [5.74, 6) is 1.45. The summed E-state index contributed by atoms with van der Waals surface area (Å²) in [5, 5.41) is 3.36. The standard InChI is InChI=1S/C20H24ClN3O3/c1-3-27-17-7-5-16(6-8-17)23-10-12-24(13-11-23)20(25)22-15-4-9-19(26-2)18(21)14-15/h4-9,14H,3,10-13H2,1-2H3,(H,22,25). The molecule has 7 heteroatoms. The van der Waals surface area contributed by atoms with Gasteiger partial charge in [0.2, 0.25) is 0 Å². The van der Waals surface area contributed by atoms with E-state index in [1.807, 2.05) is 24.0 Å². The van der Waals surface area contributed by atoms with Gasteiger partial charge in [-0.2, -0.15) is 0 Å². The zero-order chi connectivity index (χ0) is 19.2. The van der Waals surface area contributed by atoms with Gasteiger partial charge in [-0.3, -0.25) is 0 Å². The predicted octanol–water partition coefficient (Wildman–Crippen LogP) is 4.10. The third-order valence-corrected chi connectivity index (χ3v) is 4.78. The van der Waals surface area contributed by atoms with Gasteiger partial charge in [0.05, 0.1) is 18.7 Å². The fraction of sp³-hybridized carbons (Fsp3) is 0.350. The van der Waals surface area contributed by atoms with Crippen molar-refractivity contribution in [3.05, 3.63) is 47.5 Å². The lowest BCUT2D eigenvalue weighted by Gasteiger charge is -2.36. The molecule has 27 heavy (non-hydrogen) atoms. The largest absolute Gasteiger partial charge is 0.495 e. The molecule has 6 nitrogen and oxygen atoms in total. The van der Waals surface area contributed by atoms with E-state index < -0.39 is 0 Å². The number of methoxy groups -OCH3 is 1. The molecule has 1 heterocycles. The van der Waals surface area contributed by atoms with Crippen LogP contribution in [-0.4, -0.2) is 50.8 Å². The molecular weight excluding hydrogens is 366 g/mol. The van der Waals surface area contributed by atoms with Gasteiger partial charge in [0.25, 0.3) is 0 Å². The number of carbonyl (C=O) groups is 1. The van der Waals surface area contributed by atoms with Crippen LogP contribution in [0.5, 0.6) is 11.5 Å². The second-order valence-corrected chi connectivity index (χ2v) is 6.59. The van der Waals surface area contributed by atoms with Crippen LogP contribution in [0.3, 0.4) is 0 Å². The van der Waals surface area contributed by atoms with Gasteiger partial charge in [-0.05, 0) is 49.4 Å². The smallest absolute Gasteiger partial charge is 0.321 e. The molecule has 0 saturated carbocycles. The Labute approximate surface area is 164 Å². The minimum Gasteiger partial charge on any atom is -0.495 e. The van der Waals surface area contributed by atoms with Gasteiger partial charge in [-0.1, -0.05) is 11.6 Å². The van der Waals surface area contributed by atoms with Crippen LogP contribution in [0, 0.1) is 0 Å². The zero-order valence-corrected chi connectivity index (χ0v) is 16.3. The molecule has 144 valence electrons. The highest BCUT2D eigenvalue weighted by atomic mass is 35.5. The van der Waals surface area contributed by atoms with Crippen LogP contribution in [0.1, 0.15) is 6.92 Å². The summed E-state index contributed by atoms with van der Waals surface area (Å²) in [7, 11) is 1.56. The highest BCUT2D eigenvalue weighted by Gasteiger charge is 2.21. The molecule has 1 aliphatic rings. The number of rotatable bonds is 5. The van der Waals surface area contributed by atoms with Crippen LogP contribution in [0.25, 0.3) is 0 Å². The number of carbonyl (C=O) groups excluding carboxylic acids is 1. The summed E-state index contributed by atoms with van der Waals surface area (Å²) in [6.07, 6.45) is 0. The Morgan fingerprint density at radius 3 is 2.41 bits per heavy atom. The number of benzene rings is 2. The third kappa shape index (κ3) is 4.77. The maximum absolute atomic E-state index is 12.5. The van der Waals surface area contributed by atoms with Gasteiger partial charge in [0.15, 0.2) is 0 Å². The van der Waals surface area contributed by atoms with Crippen molar-refractivity contribution in [2.75, 3.05) is 50.1 Å². The molecule has 1 saturated heterocycles. The van der Waals surface area contributed by atoms with E-state index in [1.165, 1.54) is 0 Å². The Bertz CT molecular complexity index is 775. The number of hydrogen-bond donors (Lipinski definition) is 1. The number of nitrogens with zero attached hydrogens (tertiary/aromatic N) is 2. The molecule has 2 aromatic carbocycles. The van der Waals surface area contributed by atoms with Crippen molar-refractivity contribution in [1.29, 1.82) is 0 Å². The Balaban J connectivity index is 1.53. The molecule has 0 spiro atoms. The molecule has 0 atom stereocenters. The normalized spacial score (nSPS) is 14.0. The monoisotopic (exact) mass is 389 g/mol. The number of hydrogen-bond acceptors (Lipinski definition) is 4. The van der Waals surface area contributed by atoms with Crippen LogP contribution in [-0.2, 0) is 0 Å². The predicted molar refractivity (Wildman–Crippen MR) is 108 cm³/mol.